The number of hydrogen-bond acceptors (Lipinski definition) is 2. The zero-order chi connectivity index (χ0) is 11.3. The van der Waals surface area contributed by atoms with Gasteiger partial charge in [0.2, 0.25) is 0 Å². The first-order valence-corrected chi connectivity index (χ1v) is 5.30. The Labute approximate surface area is 96.7 Å². The second kappa shape index (κ2) is 3.12. The van der Waals surface area contributed by atoms with E-state index in [4.69, 9.17) is 11.6 Å². The lowest BCUT2D eigenvalue weighted by Crippen LogP contribution is -1.81. The fourth-order valence-electron chi connectivity index (χ4n) is 1.97. The van der Waals surface area contributed by atoms with Crippen LogP contribution in [0, 0.1) is 6.92 Å². The Hall–Kier alpha value is -1.74. The number of nitrogens with zero attached hydrogens (tertiary/aromatic N) is 1. The molecule has 0 aliphatic carbocycles. The van der Waals surface area contributed by atoms with E-state index >= 15 is 0 Å². The minimum Gasteiger partial charge on any atom is -0.508 e. The van der Waals surface area contributed by atoms with E-state index in [1.807, 2.05) is 13.0 Å². The Balaban J connectivity index is 2.62. The van der Waals surface area contributed by atoms with Crippen LogP contribution in [-0.2, 0) is 0 Å². The molecular weight excluding hydrogens is 224 g/mol. The number of halogens is 1. The van der Waals surface area contributed by atoms with Crippen molar-refractivity contribution in [2.24, 2.45) is 0 Å². The van der Waals surface area contributed by atoms with Crippen LogP contribution in [0.5, 0.6) is 5.75 Å². The molecule has 3 rings (SSSR count). The third-order valence-corrected chi connectivity index (χ3v) is 3.04. The van der Waals surface area contributed by atoms with Crippen molar-refractivity contribution in [3.63, 3.8) is 0 Å². The summed E-state index contributed by atoms with van der Waals surface area (Å²) in [6.07, 6.45) is 1.74. The van der Waals surface area contributed by atoms with Crippen molar-refractivity contribution in [1.82, 2.24) is 9.97 Å². The van der Waals surface area contributed by atoms with Gasteiger partial charge in [-0.05, 0) is 30.7 Å². The first-order chi connectivity index (χ1) is 7.66. The van der Waals surface area contributed by atoms with Gasteiger partial charge in [0.05, 0.1) is 5.52 Å². The quantitative estimate of drug-likeness (QED) is 0.584. The topological polar surface area (TPSA) is 48.9 Å². The third kappa shape index (κ3) is 1.18. The standard InChI is InChI=1S/C12H9ClN2O/c1-6-5-14-12(13)10-8-4-7(16)2-3-9(8)15-11(6)10/h2-5,15-16H,1H3. The van der Waals surface area contributed by atoms with Gasteiger partial charge in [-0.2, -0.15) is 0 Å². The fourth-order valence-corrected chi connectivity index (χ4v) is 2.22. The molecule has 0 atom stereocenters. The average Bonchev–Trinajstić information content (AvgIpc) is 2.63. The molecule has 0 amide bonds. The van der Waals surface area contributed by atoms with Gasteiger partial charge < -0.3 is 10.1 Å². The Morgan fingerprint density at radius 2 is 2.19 bits per heavy atom. The molecule has 80 valence electrons. The molecule has 0 radical (unpaired) electrons. The number of pyridine rings is 1. The summed E-state index contributed by atoms with van der Waals surface area (Å²) in [5.41, 5.74) is 2.96. The molecule has 0 aliphatic heterocycles. The van der Waals surface area contributed by atoms with Gasteiger partial charge in [-0.25, -0.2) is 4.98 Å². The van der Waals surface area contributed by atoms with Crippen LogP contribution < -0.4 is 0 Å². The molecule has 0 spiro atoms. The Morgan fingerprint density at radius 1 is 1.38 bits per heavy atom. The first-order valence-electron chi connectivity index (χ1n) is 4.92. The first kappa shape index (κ1) is 9.48. The molecule has 2 aromatic heterocycles. The number of phenols is 1. The lowest BCUT2D eigenvalue weighted by atomic mass is 10.1. The van der Waals surface area contributed by atoms with Crippen LogP contribution in [0.1, 0.15) is 5.56 Å². The van der Waals surface area contributed by atoms with Gasteiger partial charge in [-0.1, -0.05) is 11.6 Å². The van der Waals surface area contributed by atoms with Gasteiger partial charge in [0.1, 0.15) is 10.9 Å². The van der Waals surface area contributed by atoms with Crippen molar-refractivity contribution < 1.29 is 5.11 Å². The maximum atomic E-state index is 9.49. The van der Waals surface area contributed by atoms with Gasteiger partial charge in [0, 0.05) is 22.5 Å². The summed E-state index contributed by atoms with van der Waals surface area (Å²) in [7, 11) is 0. The van der Waals surface area contributed by atoms with Gasteiger partial charge in [-0.3, -0.25) is 0 Å². The molecule has 2 heterocycles. The molecule has 3 nitrogen and oxygen atoms in total. The number of phenolic OH excluding ortho intramolecular Hbond substituents is 1. The van der Waals surface area contributed by atoms with Crippen LogP contribution >= 0.6 is 11.6 Å². The van der Waals surface area contributed by atoms with Crippen molar-refractivity contribution in [1.29, 1.82) is 0 Å². The number of rotatable bonds is 0. The molecular formula is C12H9ClN2O. The second-order valence-electron chi connectivity index (χ2n) is 3.84. The lowest BCUT2D eigenvalue weighted by molar-refractivity contribution is 0.476. The highest BCUT2D eigenvalue weighted by molar-refractivity contribution is 6.36. The van der Waals surface area contributed by atoms with E-state index in [9.17, 15) is 5.11 Å². The Bertz CT molecular complexity index is 703. The molecule has 1 aromatic carbocycles. The fraction of sp³-hybridized carbons (Fsp3) is 0.0833. The van der Waals surface area contributed by atoms with E-state index in [0.717, 1.165) is 27.4 Å². The number of aromatic amines is 1. The summed E-state index contributed by atoms with van der Waals surface area (Å²) >= 11 is 6.09. The molecule has 0 fully saturated rings. The van der Waals surface area contributed by atoms with Crippen LogP contribution in [-0.4, -0.2) is 15.1 Å². The van der Waals surface area contributed by atoms with Crippen LogP contribution in [0.3, 0.4) is 0 Å². The predicted molar refractivity (Wildman–Crippen MR) is 65.0 cm³/mol. The van der Waals surface area contributed by atoms with Crippen LogP contribution in [0.2, 0.25) is 5.15 Å². The third-order valence-electron chi connectivity index (χ3n) is 2.75. The normalized spacial score (nSPS) is 11.4. The van der Waals surface area contributed by atoms with Gasteiger partial charge >= 0.3 is 0 Å². The molecule has 0 saturated heterocycles. The van der Waals surface area contributed by atoms with E-state index in [2.05, 4.69) is 9.97 Å². The monoisotopic (exact) mass is 232 g/mol. The smallest absolute Gasteiger partial charge is 0.139 e. The number of aryl methyl sites for hydroxylation is 1. The number of H-pyrrole nitrogens is 1. The molecule has 16 heavy (non-hydrogen) atoms. The van der Waals surface area contributed by atoms with E-state index in [0.29, 0.717) is 5.15 Å². The molecule has 3 aromatic rings. The average molecular weight is 233 g/mol. The number of aromatic nitrogens is 2. The van der Waals surface area contributed by atoms with Crippen molar-refractivity contribution >= 4 is 33.4 Å². The molecule has 0 unspecified atom stereocenters. The SMILES string of the molecule is Cc1cnc(Cl)c2c1[nH]c1ccc(O)cc12. The van der Waals surface area contributed by atoms with Gasteiger partial charge in [0.25, 0.3) is 0 Å². The Morgan fingerprint density at radius 3 is 3.00 bits per heavy atom. The minimum absolute atomic E-state index is 0.228. The maximum absolute atomic E-state index is 9.49. The van der Waals surface area contributed by atoms with E-state index in [-0.39, 0.29) is 5.75 Å². The van der Waals surface area contributed by atoms with E-state index in [1.165, 1.54) is 0 Å². The predicted octanol–water partition coefficient (Wildman–Crippen LogP) is 3.38. The minimum atomic E-state index is 0.228. The molecule has 0 aliphatic rings. The molecule has 4 heteroatoms. The molecule has 2 N–H and O–H groups in total. The van der Waals surface area contributed by atoms with Gasteiger partial charge in [-0.15, -0.1) is 0 Å². The van der Waals surface area contributed by atoms with Crippen molar-refractivity contribution in [2.45, 2.75) is 6.92 Å². The van der Waals surface area contributed by atoms with Crippen molar-refractivity contribution in [3.8, 4) is 5.75 Å². The number of nitrogens with one attached hydrogen (secondary N) is 1. The highest BCUT2D eigenvalue weighted by atomic mass is 35.5. The summed E-state index contributed by atoms with van der Waals surface area (Å²) in [5.74, 6) is 0.228. The van der Waals surface area contributed by atoms with E-state index < -0.39 is 0 Å². The van der Waals surface area contributed by atoms with Gasteiger partial charge in [0.15, 0.2) is 0 Å². The summed E-state index contributed by atoms with van der Waals surface area (Å²) in [6.45, 7) is 1.97. The van der Waals surface area contributed by atoms with Crippen molar-refractivity contribution in [2.75, 3.05) is 0 Å². The highest BCUT2D eigenvalue weighted by Gasteiger charge is 2.10. The zero-order valence-corrected chi connectivity index (χ0v) is 9.34. The lowest BCUT2D eigenvalue weighted by Gasteiger charge is -1.97. The Kier molecular flexibility index (Phi) is 1.85. The van der Waals surface area contributed by atoms with Crippen LogP contribution in [0.25, 0.3) is 21.8 Å². The number of aromatic hydroxyl groups is 1. The molecule has 0 saturated carbocycles. The number of hydrogen-bond donors (Lipinski definition) is 2. The second-order valence-corrected chi connectivity index (χ2v) is 4.19. The summed E-state index contributed by atoms with van der Waals surface area (Å²) in [6, 6.07) is 5.18. The summed E-state index contributed by atoms with van der Waals surface area (Å²) in [5, 5.41) is 11.7. The maximum Gasteiger partial charge on any atom is 0.139 e. The largest absolute Gasteiger partial charge is 0.508 e. The molecule has 0 bridgehead atoms. The van der Waals surface area contributed by atoms with E-state index in [1.54, 1.807) is 18.3 Å². The van der Waals surface area contributed by atoms with Crippen LogP contribution in [0.15, 0.2) is 24.4 Å². The van der Waals surface area contributed by atoms with Crippen LogP contribution in [0.4, 0.5) is 0 Å². The highest BCUT2D eigenvalue weighted by Crippen LogP contribution is 2.33. The zero-order valence-electron chi connectivity index (χ0n) is 8.58. The summed E-state index contributed by atoms with van der Waals surface area (Å²) in [4.78, 5) is 7.40. The summed E-state index contributed by atoms with van der Waals surface area (Å²) < 4.78 is 0. The number of fused-ring (bicyclic) bond motifs is 3. The van der Waals surface area contributed by atoms with Crippen molar-refractivity contribution in [3.05, 3.63) is 35.1 Å². The number of benzene rings is 1.